The minimum absolute atomic E-state index is 0.0503. The van der Waals surface area contributed by atoms with E-state index in [0.717, 1.165) is 18.4 Å². The number of rotatable bonds is 4. The summed E-state index contributed by atoms with van der Waals surface area (Å²) in [5.41, 5.74) is 2.44. The van der Waals surface area contributed by atoms with E-state index >= 15 is 0 Å². The Balaban J connectivity index is 2.10. The molecular formula is C18H25NO4. The summed E-state index contributed by atoms with van der Waals surface area (Å²) >= 11 is 0. The van der Waals surface area contributed by atoms with E-state index in [2.05, 4.69) is 11.9 Å². The van der Waals surface area contributed by atoms with Gasteiger partial charge in [0.1, 0.15) is 6.10 Å². The summed E-state index contributed by atoms with van der Waals surface area (Å²) in [4.78, 5) is 24.1. The summed E-state index contributed by atoms with van der Waals surface area (Å²) in [6.07, 6.45) is 6.73. The maximum absolute atomic E-state index is 12.3. The Hall–Kier alpha value is -1.88. The lowest BCUT2D eigenvalue weighted by atomic mass is 9.87. The molecule has 0 unspecified atom stereocenters. The number of ether oxygens (including phenoxy) is 2. The lowest BCUT2D eigenvalue weighted by Crippen LogP contribution is -2.29. The summed E-state index contributed by atoms with van der Waals surface area (Å²) in [6.45, 7) is 6.87. The quantitative estimate of drug-likeness (QED) is 0.374. The van der Waals surface area contributed by atoms with Gasteiger partial charge in [-0.2, -0.15) is 0 Å². The Kier molecular flexibility index (Phi) is 6.16. The number of esters is 1. The van der Waals surface area contributed by atoms with E-state index in [-0.39, 0.29) is 23.9 Å². The summed E-state index contributed by atoms with van der Waals surface area (Å²) in [5, 5.41) is 2.86. The largest absolute Gasteiger partial charge is 0.454 e. The Morgan fingerprint density at radius 2 is 2.26 bits per heavy atom. The molecule has 0 aromatic carbocycles. The monoisotopic (exact) mass is 319 g/mol. The molecule has 5 nitrogen and oxygen atoms in total. The molecule has 1 fully saturated rings. The molecule has 1 saturated heterocycles. The van der Waals surface area contributed by atoms with Crippen LogP contribution in [0, 0.1) is 5.92 Å². The van der Waals surface area contributed by atoms with Gasteiger partial charge in [-0.25, -0.2) is 4.79 Å². The number of hydrogen-bond donors (Lipinski definition) is 1. The minimum atomic E-state index is -0.321. The number of fused-ring (bicyclic) bond motifs is 1. The van der Waals surface area contributed by atoms with Crippen LogP contribution in [0.15, 0.2) is 35.5 Å². The van der Waals surface area contributed by atoms with E-state index in [1.165, 1.54) is 5.57 Å². The summed E-state index contributed by atoms with van der Waals surface area (Å²) in [5.74, 6) is -0.430. The number of hydrogen-bond acceptors (Lipinski definition) is 4. The Morgan fingerprint density at radius 1 is 1.48 bits per heavy atom. The van der Waals surface area contributed by atoms with Crippen LogP contribution in [0.1, 0.15) is 32.6 Å². The van der Waals surface area contributed by atoms with Gasteiger partial charge in [0.15, 0.2) is 0 Å². The van der Waals surface area contributed by atoms with E-state index in [9.17, 15) is 9.59 Å². The van der Waals surface area contributed by atoms with Gasteiger partial charge >= 0.3 is 5.97 Å². The Bertz CT molecular complexity index is 547. The number of methoxy groups -OCH3 is 1. The lowest BCUT2D eigenvalue weighted by molar-refractivity contribution is -0.137. The van der Waals surface area contributed by atoms with Gasteiger partial charge in [0.2, 0.25) is 5.91 Å². The number of amides is 1. The molecule has 1 amide bonds. The predicted molar refractivity (Wildman–Crippen MR) is 87.7 cm³/mol. The highest BCUT2D eigenvalue weighted by atomic mass is 16.5. The normalized spacial score (nSPS) is 25.1. The van der Waals surface area contributed by atoms with Crippen LogP contribution in [-0.2, 0) is 19.1 Å². The first-order valence-electron chi connectivity index (χ1n) is 8.06. The van der Waals surface area contributed by atoms with Gasteiger partial charge in [0.05, 0.1) is 6.61 Å². The van der Waals surface area contributed by atoms with Crippen molar-refractivity contribution in [1.29, 1.82) is 0 Å². The SMILES string of the molecule is C=C1C(=O)O[C@@H]2C=C(C)CCC=C(C(=O)NCCOC)CC[C@@H]12. The number of allylic oxidation sites excluding steroid dienone is 2. The number of carbonyl (C=O) groups excluding carboxylic acids is 2. The van der Waals surface area contributed by atoms with Gasteiger partial charge in [0, 0.05) is 30.7 Å². The van der Waals surface area contributed by atoms with Crippen molar-refractivity contribution >= 4 is 11.9 Å². The highest BCUT2D eigenvalue weighted by Gasteiger charge is 2.37. The van der Waals surface area contributed by atoms with E-state index in [1.54, 1.807) is 7.11 Å². The molecule has 2 rings (SSSR count). The molecule has 0 bridgehead atoms. The van der Waals surface area contributed by atoms with Crippen molar-refractivity contribution in [3.63, 3.8) is 0 Å². The second kappa shape index (κ2) is 8.11. The van der Waals surface area contributed by atoms with Crippen molar-refractivity contribution < 1.29 is 19.1 Å². The first kappa shape index (κ1) is 17.5. The third-order valence-electron chi connectivity index (χ3n) is 4.34. The van der Waals surface area contributed by atoms with Crippen LogP contribution in [0.3, 0.4) is 0 Å². The van der Waals surface area contributed by atoms with Crippen LogP contribution >= 0.6 is 0 Å². The van der Waals surface area contributed by atoms with Crippen LogP contribution in [0.4, 0.5) is 0 Å². The van der Waals surface area contributed by atoms with Crippen LogP contribution in [0.25, 0.3) is 0 Å². The van der Waals surface area contributed by atoms with Crippen molar-refractivity contribution in [1.82, 2.24) is 5.32 Å². The maximum atomic E-state index is 12.3. The second-order valence-electron chi connectivity index (χ2n) is 6.07. The molecule has 126 valence electrons. The molecule has 0 aromatic rings. The van der Waals surface area contributed by atoms with Gasteiger partial charge in [-0.3, -0.25) is 4.79 Å². The zero-order chi connectivity index (χ0) is 16.8. The second-order valence-corrected chi connectivity index (χ2v) is 6.07. The van der Waals surface area contributed by atoms with Crippen LogP contribution < -0.4 is 5.32 Å². The van der Waals surface area contributed by atoms with E-state index in [1.807, 2.05) is 19.1 Å². The molecule has 23 heavy (non-hydrogen) atoms. The van der Waals surface area contributed by atoms with Crippen molar-refractivity contribution in [3.05, 3.63) is 35.5 Å². The molecular weight excluding hydrogens is 294 g/mol. The fourth-order valence-corrected chi connectivity index (χ4v) is 2.96. The topological polar surface area (TPSA) is 64.6 Å². The number of nitrogens with one attached hydrogen (secondary N) is 1. The standard InChI is InChI=1S/C18H25NO4/c1-12-5-4-6-14(17(20)19-9-10-22-3)7-8-15-13(2)18(21)23-16(15)11-12/h6,11,15-16H,2,4-5,7-10H2,1,3H3,(H,19,20)/t15-,16+/m0/s1. The van der Waals surface area contributed by atoms with Crippen LogP contribution in [0.2, 0.25) is 0 Å². The van der Waals surface area contributed by atoms with Crippen LogP contribution in [-0.4, -0.2) is 38.2 Å². The number of carbonyl (C=O) groups is 2. The Labute approximate surface area is 137 Å². The molecule has 2 aliphatic rings. The summed E-state index contributed by atoms with van der Waals surface area (Å²) < 4.78 is 10.4. The van der Waals surface area contributed by atoms with E-state index < -0.39 is 0 Å². The fraction of sp³-hybridized carbons (Fsp3) is 0.556. The smallest absolute Gasteiger partial charge is 0.334 e. The first-order valence-corrected chi connectivity index (χ1v) is 8.06. The average Bonchev–Trinajstić information content (AvgIpc) is 2.77. The Morgan fingerprint density at radius 3 is 3.00 bits per heavy atom. The highest BCUT2D eigenvalue weighted by molar-refractivity contribution is 5.93. The predicted octanol–water partition coefficient (Wildman–Crippen LogP) is 2.29. The van der Waals surface area contributed by atoms with Gasteiger partial charge < -0.3 is 14.8 Å². The lowest BCUT2D eigenvalue weighted by Gasteiger charge is -2.18. The first-order chi connectivity index (χ1) is 11.0. The molecule has 1 aliphatic heterocycles. The molecule has 5 heteroatoms. The molecule has 0 radical (unpaired) electrons. The highest BCUT2D eigenvalue weighted by Crippen LogP contribution is 2.34. The van der Waals surface area contributed by atoms with Gasteiger partial charge in [0.25, 0.3) is 0 Å². The van der Waals surface area contributed by atoms with Gasteiger partial charge in [-0.15, -0.1) is 0 Å². The molecule has 0 aromatic heterocycles. The van der Waals surface area contributed by atoms with Crippen molar-refractivity contribution in [2.75, 3.05) is 20.3 Å². The van der Waals surface area contributed by atoms with Crippen LogP contribution in [0.5, 0.6) is 0 Å². The van der Waals surface area contributed by atoms with Crippen molar-refractivity contribution in [2.24, 2.45) is 5.92 Å². The summed E-state index contributed by atoms with van der Waals surface area (Å²) in [7, 11) is 1.60. The summed E-state index contributed by atoms with van der Waals surface area (Å²) in [6, 6.07) is 0. The molecule has 1 aliphatic carbocycles. The molecule has 2 atom stereocenters. The molecule has 1 N–H and O–H groups in total. The molecule has 0 spiro atoms. The van der Waals surface area contributed by atoms with Gasteiger partial charge in [-0.05, 0) is 38.7 Å². The maximum Gasteiger partial charge on any atom is 0.334 e. The van der Waals surface area contributed by atoms with Gasteiger partial charge in [-0.1, -0.05) is 18.2 Å². The average molecular weight is 319 g/mol. The van der Waals surface area contributed by atoms with E-state index in [0.29, 0.717) is 31.6 Å². The molecule has 1 heterocycles. The third kappa shape index (κ3) is 4.55. The van der Waals surface area contributed by atoms with E-state index in [4.69, 9.17) is 9.47 Å². The third-order valence-corrected chi connectivity index (χ3v) is 4.34. The fourth-order valence-electron chi connectivity index (χ4n) is 2.96. The molecule has 0 saturated carbocycles. The minimum Gasteiger partial charge on any atom is -0.454 e. The zero-order valence-corrected chi connectivity index (χ0v) is 13.9. The zero-order valence-electron chi connectivity index (χ0n) is 13.9. The van der Waals surface area contributed by atoms with Crippen molar-refractivity contribution in [3.8, 4) is 0 Å². The van der Waals surface area contributed by atoms with Crippen molar-refractivity contribution in [2.45, 2.75) is 38.7 Å².